The van der Waals surface area contributed by atoms with Crippen molar-refractivity contribution in [3.05, 3.63) is 23.8 Å². The van der Waals surface area contributed by atoms with Crippen molar-refractivity contribution in [1.82, 2.24) is 9.21 Å². The molecule has 2 heterocycles. The molecule has 2 saturated heterocycles. The van der Waals surface area contributed by atoms with Crippen molar-refractivity contribution in [3.63, 3.8) is 0 Å². The first-order valence-electron chi connectivity index (χ1n) is 9.11. The number of likely N-dealkylation sites (tertiary alicyclic amines) is 1. The Bertz CT molecular complexity index is 908. The summed E-state index contributed by atoms with van der Waals surface area (Å²) in [5, 5.41) is 0. The van der Waals surface area contributed by atoms with Gasteiger partial charge in [-0.3, -0.25) is 14.5 Å². The second-order valence-electron chi connectivity index (χ2n) is 6.50. The fourth-order valence-corrected chi connectivity index (χ4v) is 4.72. The molecule has 0 N–H and O–H groups in total. The third kappa shape index (κ3) is 4.57. The highest BCUT2D eigenvalue weighted by Crippen LogP contribution is 2.28. The molecule has 2 amide bonds. The van der Waals surface area contributed by atoms with Crippen LogP contribution in [-0.2, 0) is 29.1 Å². The van der Waals surface area contributed by atoms with E-state index in [0.29, 0.717) is 19.4 Å². The summed E-state index contributed by atoms with van der Waals surface area (Å²) in [6.45, 7) is 0.653. The van der Waals surface area contributed by atoms with E-state index in [-0.39, 0.29) is 48.4 Å². The number of amides is 2. The highest BCUT2D eigenvalue weighted by atomic mass is 32.2. The number of imide groups is 1. The smallest absolute Gasteiger partial charge is 0.338 e. The van der Waals surface area contributed by atoms with Gasteiger partial charge in [-0.2, -0.15) is 4.31 Å². The number of carbonyl (C=O) groups is 3. The van der Waals surface area contributed by atoms with Crippen molar-refractivity contribution in [1.29, 1.82) is 0 Å². The Balaban J connectivity index is 1.76. The number of benzene rings is 1. The average Bonchev–Trinajstić information content (AvgIpc) is 3.17. The van der Waals surface area contributed by atoms with Crippen LogP contribution in [0.3, 0.4) is 0 Å². The largest absolute Gasteiger partial charge is 0.495 e. The van der Waals surface area contributed by atoms with E-state index in [1.807, 2.05) is 0 Å². The minimum Gasteiger partial charge on any atom is -0.495 e. The normalized spacial score (nSPS) is 18.0. The van der Waals surface area contributed by atoms with Gasteiger partial charge in [-0.25, -0.2) is 13.2 Å². The second-order valence-corrected chi connectivity index (χ2v) is 8.41. The fourth-order valence-electron chi connectivity index (χ4n) is 3.13. The lowest BCUT2D eigenvalue weighted by atomic mass is 10.2. The molecule has 11 heteroatoms. The van der Waals surface area contributed by atoms with Gasteiger partial charge in [-0.15, -0.1) is 0 Å². The van der Waals surface area contributed by atoms with E-state index in [2.05, 4.69) is 0 Å². The number of nitrogens with zero attached hydrogens (tertiary/aromatic N) is 2. The lowest BCUT2D eigenvalue weighted by Gasteiger charge is -2.26. The van der Waals surface area contributed by atoms with Gasteiger partial charge >= 0.3 is 5.97 Å². The minimum absolute atomic E-state index is 0.0433. The number of sulfonamides is 1. The third-order valence-corrected chi connectivity index (χ3v) is 6.61. The number of ether oxygens (including phenoxy) is 3. The third-order valence-electron chi connectivity index (χ3n) is 4.69. The van der Waals surface area contributed by atoms with Crippen molar-refractivity contribution in [2.75, 3.05) is 46.6 Å². The fraction of sp³-hybridized carbons (Fsp3) is 0.500. The molecule has 0 radical (unpaired) electrons. The topological polar surface area (TPSA) is 120 Å². The molecule has 3 rings (SSSR count). The maximum atomic E-state index is 13.0. The van der Waals surface area contributed by atoms with Crippen molar-refractivity contribution < 1.29 is 37.0 Å². The van der Waals surface area contributed by atoms with Crippen LogP contribution in [-0.4, -0.2) is 82.0 Å². The lowest BCUT2D eigenvalue weighted by Crippen LogP contribution is -2.40. The van der Waals surface area contributed by atoms with Crippen LogP contribution in [0.25, 0.3) is 0 Å². The lowest BCUT2D eigenvalue weighted by molar-refractivity contribution is -0.143. The van der Waals surface area contributed by atoms with Crippen molar-refractivity contribution in [3.8, 4) is 5.75 Å². The quantitative estimate of drug-likeness (QED) is 0.584. The first kappa shape index (κ1) is 21.2. The van der Waals surface area contributed by atoms with Gasteiger partial charge in [-0.05, 0) is 24.6 Å². The van der Waals surface area contributed by atoms with Crippen molar-refractivity contribution in [2.24, 2.45) is 0 Å². The monoisotopic (exact) mass is 426 g/mol. The Hall–Kier alpha value is -2.50. The molecular weight excluding hydrogens is 404 g/mol. The van der Waals surface area contributed by atoms with Crippen LogP contribution in [0.5, 0.6) is 5.75 Å². The van der Waals surface area contributed by atoms with E-state index in [9.17, 15) is 22.8 Å². The van der Waals surface area contributed by atoms with Crippen LogP contribution in [0.4, 0.5) is 0 Å². The van der Waals surface area contributed by atoms with E-state index in [0.717, 1.165) is 11.0 Å². The van der Waals surface area contributed by atoms with E-state index < -0.39 is 28.5 Å². The Kier molecular flexibility index (Phi) is 6.50. The Morgan fingerprint density at radius 3 is 2.52 bits per heavy atom. The Morgan fingerprint density at radius 1 is 1.17 bits per heavy atom. The van der Waals surface area contributed by atoms with Gasteiger partial charge in [0.25, 0.3) is 5.91 Å². The molecule has 2 aliphatic heterocycles. The number of rotatable bonds is 6. The summed E-state index contributed by atoms with van der Waals surface area (Å²) in [6, 6.07) is 3.87. The molecule has 158 valence electrons. The predicted octanol–water partition coefficient (Wildman–Crippen LogP) is 0.0219. The maximum Gasteiger partial charge on any atom is 0.338 e. The molecule has 0 spiro atoms. The zero-order valence-electron chi connectivity index (χ0n) is 16.0. The first-order chi connectivity index (χ1) is 13.8. The minimum atomic E-state index is -3.91. The van der Waals surface area contributed by atoms with Gasteiger partial charge in [0.1, 0.15) is 10.6 Å². The molecule has 0 aromatic heterocycles. The van der Waals surface area contributed by atoms with E-state index in [1.165, 1.54) is 23.5 Å². The molecule has 0 saturated carbocycles. The summed E-state index contributed by atoms with van der Waals surface area (Å²) < 4.78 is 42.5. The molecule has 0 atom stereocenters. The molecular formula is C18H22N2O8S. The summed E-state index contributed by atoms with van der Waals surface area (Å²) in [7, 11) is -2.58. The number of carbonyl (C=O) groups excluding carboxylic acids is 3. The number of morpholine rings is 1. The van der Waals surface area contributed by atoms with Gasteiger partial charge in [0.2, 0.25) is 15.9 Å². The number of esters is 1. The molecule has 0 unspecified atom stereocenters. The summed E-state index contributed by atoms with van der Waals surface area (Å²) >= 11 is 0. The SMILES string of the molecule is COc1ccc(C(=O)OCC(=O)N2CCCC2=O)cc1S(=O)(=O)N1CCOCC1. The van der Waals surface area contributed by atoms with Crippen LogP contribution in [0.1, 0.15) is 23.2 Å². The number of hydrogen-bond acceptors (Lipinski definition) is 8. The second kappa shape index (κ2) is 8.89. The number of hydrogen-bond donors (Lipinski definition) is 0. The van der Waals surface area contributed by atoms with Crippen LogP contribution < -0.4 is 4.74 Å². The van der Waals surface area contributed by atoms with Crippen molar-refractivity contribution in [2.45, 2.75) is 17.7 Å². The maximum absolute atomic E-state index is 13.0. The van der Waals surface area contributed by atoms with Crippen LogP contribution in [0, 0.1) is 0 Å². The molecule has 2 fully saturated rings. The highest BCUT2D eigenvalue weighted by Gasteiger charge is 2.31. The van der Waals surface area contributed by atoms with Crippen molar-refractivity contribution >= 4 is 27.8 Å². The Morgan fingerprint density at radius 2 is 1.90 bits per heavy atom. The zero-order chi connectivity index (χ0) is 21.0. The summed E-state index contributed by atoms with van der Waals surface area (Å²) in [4.78, 5) is 36.8. The highest BCUT2D eigenvalue weighted by molar-refractivity contribution is 7.89. The van der Waals surface area contributed by atoms with Gasteiger partial charge in [-0.1, -0.05) is 0 Å². The molecule has 1 aromatic rings. The Labute approximate surface area is 168 Å². The molecule has 0 bridgehead atoms. The molecule has 10 nitrogen and oxygen atoms in total. The molecule has 2 aliphatic rings. The van der Waals surface area contributed by atoms with Crippen LogP contribution in [0.15, 0.2) is 23.1 Å². The van der Waals surface area contributed by atoms with E-state index in [4.69, 9.17) is 14.2 Å². The first-order valence-corrected chi connectivity index (χ1v) is 10.5. The standard InChI is InChI=1S/C18H22N2O8S/c1-26-14-5-4-13(11-15(14)29(24,25)19-7-9-27-10-8-19)18(23)28-12-17(22)20-6-2-3-16(20)21/h4-5,11H,2-3,6-10,12H2,1H3. The van der Waals surface area contributed by atoms with E-state index >= 15 is 0 Å². The van der Waals surface area contributed by atoms with Gasteiger partial charge in [0.15, 0.2) is 6.61 Å². The van der Waals surface area contributed by atoms with Gasteiger partial charge in [0.05, 0.1) is 25.9 Å². The average molecular weight is 426 g/mol. The van der Waals surface area contributed by atoms with E-state index in [1.54, 1.807) is 0 Å². The molecule has 0 aliphatic carbocycles. The number of methoxy groups -OCH3 is 1. The van der Waals surface area contributed by atoms with Gasteiger partial charge in [0, 0.05) is 26.1 Å². The zero-order valence-corrected chi connectivity index (χ0v) is 16.8. The molecule has 1 aromatic carbocycles. The van der Waals surface area contributed by atoms with Crippen LogP contribution >= 0.6 is 0 Å². The summed E-state index contributed by atoms with van der Waals surface area (Å²) in [6.07, 6.45) is 0.876. The summed E-state index contributed by atoms with van der Waals surface area (Å²) in [5.41, 5.74) is -0.0433. The molecule has 29 heavy (non-hydrogen) atoms. The summed E-state index contributed by atoms with van der Waals surface area (Å²) in [5.74, 6) is -1.68. The van der Waals surface area contributed by atoms with Crippen LogP contribution in [0.2, 0.25) is 0 Å². The van der Waals surface area contributed by atoms with Gasteiger partial charge < -0.3 is 14.2 Å². The predicted molar refractivity (Wildman–Crippen MR) is 98.8 cm³/mol.